The number of rotatable bonds is 3. The van der Waals surface area contributed by atoms with Gasteiger partial charge in [0.15, 0.2) is 0 Å². The summed E-state index contributed by atoms with van der Waals surface area (Å²) in [7, 11) is 0. The summed E-state index contributed by atoms with van der Waals surface area (Å²) in [6.45, 7) is 0. The first-order valence-corrected chi connectivity index (χ1v) is 10.0. The fourth-order valence-electron chi connectivity index (χ4n) is 3.86. The number of halogens is 1. The predicted molar refractivity (Wildman–Crippen MR) is 123 cm³/mol. The molecule has 3 aromatic carbocycles. The molecule has 0 radical (unpaired) electrons. The summed E-state index contributed by atoms with van der Waals surface area (Å²) >= 11 is 6.41. The molecular weight excluding hydrogens is 392 g/mol. The third-order valence-electron chi connectivity index (χ3n) is 5.14. The number of hydrogen-bond donors (Lipinski definition) is 0. The smallest absolute Gasteiger partial charge is 0.265 e. The maximum atomic E-state index is 14.0. The van der Waals surface area contributed by atoms with Gasteiger partial charge in [-0.2, -0.15) is 0 Å². The Balaban J connectivity index is 2.02. The van der Waals surface area contributed by atoms with Crippen LogP contribution in [0, 0.1) is 0 Å². The van der Waals surface area contributed by atoms with Gasteiger partial charge in [0.25, 0.3) is 5.56 Å². The fourth-order valence-corrected chi connectivity index (χ4v) is 4.03. The summed E-state index contributed by atoms with van der Waals surface area (Å²) in [6, 6.07) is 30.9. The summed E-state index contributed by atoms with van der Waals surface area (Å²) in [5.74, 6) is 0.576. The second-order valence-corrected chi connectivity index (χ2v) is 7.41. The molecule has 0 aliphatic heterocycles. The second-order valence-electron chi connectivity index (χ2n) is 6.97. The van der Waals surface area contributed by atoms with Crippen molar-refractivity contribution in [2.45, 2.75) is 0 Å². The van der Waals surface area contributed by atoms with Crippen molar-refractivity contribution >= 4 is 22.5 Å². The van der Waals surface area contributed by atoms with Gasteiger partial charge in [-0.3, -0.25) is 9.36 Å². The molecule has 4 heteroatoms. The van der Waals surface area contributed by atoms with E-state index in [-0.39, 0.29) is 5.56 Å². The standard InChI is InChI=1S/C26H17ClN2O/c27-20-14-15-22-21(17-20)24(18-9-3-1-4-10-18)25(19-11-5-2-6-12-19)26(30)29(22)23-13-7-8-16-28-23/h1-17H. The zero-order chi connectivity index (χ0) is 20.5. The Labute approximate surface area is 178 Å². The van der Waals surface area contributed by atoms with E-state index < -0.39 is 0 Å². The fraction of sp³-hybridized carbons (Fsp3) is 0. The quantitative estimate of drug-likeness (QED) is 0.347. The summed E-state index contributed by atoms with van der Waals surface area (Å²) < 4.78 is 1.67. The van der Waals surface area contributed by atoms with Gasteiger partial charge in [0.05, 0.1) is 11.1 Å². The van der Waals surface area contributed by atoms with Crippen molar-refractivity contribution in [1.82, 2.24) is 9.55 Å². The van der Waals surface area contributed by atoms with Crippen molar-refractivity contribution in [3.63, 3.8) is 0 Å². The van der Waals surface area contributed by atoms with E-state index in [9.17, 15) is 4.79 Å². The minimum Gasteiger partial charge on any atom is -0.268 e. The van der Waals surface area contributed by atoms with Gasteiger partial charge in [-0.05, 0) is 41.5 Å². The highest BCUT2D eigenvalue weighted by Crippen LogP contribution is 2.37. The van der Waals surface area contributed by atoms with Crippen LogP contribution < -0.4 is 5.56 Å². The van der Waals surface area contributed by atoms with Crippen molar-refractivity contribution in [2.24, 2.45) is 0 Å². The minimum atomic E-state index is -0.117. The van der Waals surface area contributed by atoms with Crippen molar-refractivity contribution in [1.29, 1.82) is 0 Å². The number of benzene rings is 3. The average molecular weight is 409 g/mol. The zero-order valence-corrected chi connectivity index (χ0v) is 16.8. The molecule has 144 valence electrons. The monoisotopic (exact) mass is 408 g/mol. The van der Waals surface area contributed by atoms with Crippen molar-refractivity contribution < 1.29 is 0 Å². The Hall–Kier alpha value is -3.69. The van der Waals surface area contributed by atoms with Gasteiger partial charge in [-0.15, -0.1) is 0 Å². The second kappa shape index (κ2) is 7.62. The molecule has 0 aliphatic rings. The first kappa shape index (κ1) is 18.3. The number of nitrogens with zero attached hydrogens (tertiary/aromatic N) is 2. The number of aromatic nitrogens is 2. The molecule has 30 heavy (non-hydrogen) atoms. The van der Waals surface area contributed by atoms with Gasteiger partial charge >= 0.3 is 0 Å². The molecule has 5 rings (SSSR count). The lowest BCUT2D eigenvalue weighted by Crippen LogP contribution is -2.22. The van der Waals surface area contributed by atoms with Gasteiger partial charge in [0.1, 0.15) is 5.82 Å². The van der Waals surface area contributed by atoms with E-state index in [1.54, 1.807) is 16.8 Å². The maximum absolute atomic E-state index is 14.0. The summed E-state index contributed by atoms with van der Waals surface area (Å²) in [4.78, 5) is 18.4. The van der Waals surface area contributed by atoms with Crippen LogP contribution in [0.2, 0.25) is 5.02 Å². The number of hydrogen-bond acceptors (Lipinski definition) is 2. The number of fused-ring (bicyclic) bond motifs is 1. The van der Waals surface area contributed by atoms with Crippen LogP contribution in [0.3, 0.4) is 0 Å². The van der Waals surface area contributed by atoms with E-state index in [2.05, 4.69) is 4.98 Å². The SMILES string of the molecule is O=c1c(-c2ccccc2)c(-c2ccccc2)c2cc(Cl)ccc2n1-c1ccccn1. The molecule has 0 spiro atoms. The first-order chi connectivity index (χ1) is 14.7. The minimum absolute atomic E-state index is 0.117. The largest absolute Gasteiger partial charge is 0.268 e. The van der Waals surface area contributed by atoms with Crippen molar-refractivity contribution in [3.8, 4) is 28.1 Å². The average Bonchev–Trinajstić information content (AvgIpc) is 2.80. The Morgan fingerprint density at radius 1 is 0.700 bits per heavy atom. The molecule has 0 saturated heterocycles. The van der Waals surface area contributed by atoms with Crippen LogP contribution >= 0.6 is 11.6 Å². The van der Waals surface area contributed by atoms with E-state index in [0.717, 1.165) is 27.6 Å². The molecule has 3 nitrogen and oxygen atoms in total. The highest BCUT2D eigenvalue weighted by Gasteiger charge is 2.21. The lowest BCUT2D eigenvalue weighted by molar-refractivity contribution is 0.987. The third-order valence-corrected chi connectivity index (χ3v) is 5.37. The van der Waals surface area contributed by atoms with E-state index in [1.807, 2.05) is 91.0 Å². The molecule has 0 unspecified atom stereocenters. The molecule has 0 saturated carbocycles. The lowest BCUT2D eigenvalue weighted by atomic mass is 9.92. The molecule has 0 N–H and O–H groups in total. The Bertz CT molecular complexity index is 1400. The van der Waals surface area contributed by atoms with Crippen LogP contribution in [0.15, 0.2) is 108 Å². The van der Waals surface area contributed by atoms with E-state index in [4.69, 9.17) is 11.6 Å². The molecule has 0 bridgehead atoms. The molecule has 0 fully saturated rings. The molecule has 2 heterocycles. The van der Waals surface area contributed by atoms with E-state index >= 15 is 0 Å². The normalized spacial score (nSPS) is 11.0. The Morgan fingerprint density at radius 3 is 1.97 bits per heavy atom. The highest BCUT2D eigenvalue weighted by molar-refractivity contribution is 6.31. The number of pyridine rings is 2. The Kier molecular flexibility index (Phi) is 4.66. The predicted octanol–water partition coefficient (Wildman–Crippen LogP) is 6.37. The van der Waals surface area contributed by atoms with Gasteiger partial charge in [0, 0.05) is 22.2 Å². The molecule has 0 atom stereocenters. The topological polar surface area (TPSA) is 34.9 Å². The summed E-state index contributed by atoms with van der Waals surface area (Å²) in [5.41, 5.74) is 3.97. The van der Waals surface area contributed by atoms with Crippen molar-refractivity contribution in [2.75, 3.05) is 0 Å². The van der Waals surface area contributed by atoms with Crippen LogP contribution in [0.4, 0.5) is 0 Å². The molecule has 5 aromatic rings. The van der Waals surface area contributed by atoms with Gasteiger partial charge in [-0.1, -0.05) is 78.3 Å². The first-order valence-electron chi connectivity index (χ1n) is 9.64. The molecule has 0 amide bonds. The van der Waals surface area contributed by atoms with Gasteiger partial charge < -0.3 is 0 Å². The van der Waals surface area contributed by atoms with Gasteiger partial charge in [-0.25, -0.2) is 4.98 Å². The van der Waals surface area contributed by atoms with Crippen LogP contribution in [0.25, 0.3) is 39.0 Å². The highest BCUT2D eigenvalue weighted by atomic mass is 35.5. The van der Waals surface area contributed by atoms with E-state index in [1.165, 1.54) is 0 Å². The van der Waals surface area contributed by atoms with Crippen LogP contribution in [-0.2, 0) is 0 Å². The van der Waals surface area contributed by atoms with Crippen LogP contribution in [-0.4, -0.2) is 9.55 Å². The summed E-state index contributed by atoms with van der Waals surface area (Å²) in [6.07, 6.45) is 1.69. The lowest BCUT2D eigenvalue weighted by Gasteiger charge is -2.18. The Morgan fingerprint density at radius 2 is 1.33 bits per heavy atom. The van der Waals surface area contributed by atoms with Crippen molar-refractivity contribution in [3.05, 3.63) is 119 Å². The molecule has 2 aromatic heterocycles. The maximum Gasteiger partial charge on any atom is 0.265 e. The van der Waals surface area contributed by atoms with Crippen LogP contribution in [0.5, 0.6) is 0 Å². The molecule has 0 aliphatic carbocycles. The van der Waals surface area contributed by atoms with E-state index in [0.29, 0.717) is 16.4 Å². The third kappa shape index (κ3) is 3.10. The molecular formula is C26H17ClN2O. The summed E-state index contributed by atoms with van der Waals surface area (Å²) in [5, 5.41) is 1.52. The van der Waals surface area contributed by atoms with Gasteiger partial charge in [0.2, 0.25) is 0 Å². The van der Waals surface area contributed by atoms with Crippen LogP contribution in [0.1, 0.15) is 0 Å². The zero-order valence-electron chi connectivity index (χ0n) is 16.0.